The highest BCUT2D eigenvalue weighted by Gasteiger charge is 2.32. The zero-order valence-corrected chi connectivity index (χ0v) is 13.2. The standard InChI is InChI=1S/C16H16F3N5O/c1-2-14(25)21-7-11-9-23(15-5-6-22-24(15)10-11)13-4-3-12(8-20-13)16(17,18)19/h2-6,8,11H,1,7,9-10H2,(H,21,25)/t11-/m0/s1. The van der Waals surface area contributed by atoms with E-state index in [4.69, 9.17) is 0 Å². The van der Waals surface area contributed by atoms with Crippen LogP contribution in [0.15, 0.2) is 43.2 Å². The first kappa shape index (κ1) is 17.0. The molecule has 2 aromatic heterocycles. The van der Waals surface area contributed by atoms with Crippen molar-refractivity contribution in [3.05, 3.63) is 48.8 Å². The van der Waals surface area contributed by atoms with E-state index in [9.17, 15) is 18.0 Å². The van der Waals surface area contributed by atoms with Crippen LogP contribution in [0.2, 0.25) is 0 Å². The Bertz CT molecular complexity index is 769. The summed E-state index contributed by atoms with van der Waals surface area (Å²) in [5, 5.41) is 6.95. The number of halogens is 3. The van der Waals surface area contributed by atoms with Gasteiger partial charge < -0.3 is 10.2 Å². The fraction of sp³-hybridized carbons (Fsp3) is 0.312. The number of carbonyl (C=O) groups is 1. The maximum atomic E-state index is 12.7. The fourth-order valence-electron chi connectivity index (χ4n) is 2.72. The summed E-state index contributed by atoms with van der Waals surface area (Å²) in [4.78, 5) is 17.1. The molecule has 0 aliphatic carbocycles. The van der Waals surface area contributed by atoms with Crippen LogP contribution >= 0.6 is 0 Å². The molecular formula is C16H16F3N5O. The summed E-state index contributed by atoms with van der Waals surface area (Å²) in [6.07, 6.45) is -0.791. The van der Waals surface area contributed by atoms with Gasteiger partial charge in [-0.1, -0.05) is 6.58 Å². The lowest BCUT2D eigenvalue weighted by atomic mass is 10.1. The fourth-order valence-corrected chi connectivity index (χ4v) is 2.72. The number of fused-ring (bicyclic) bond motifs is 1. The number of nitrogens with zero attached hydrogens (tertiary/aromatic N) is 4. The van der Waals surface area contributed by atoms with E-state index in [1.54, 1.807) is 21.8 Å². The predicted octanol–water partition coefficient (Wildman–Crippen LogP) is 2.37. The zero-order chi connectivity index (χ0) is 18.0. The van der Waals surface area contributed by atoms with Gasteiger partial charge in [0.05, 0.1) is 11.8 Å². The minimum atomic E-state index is -4.42. The Labute approximate surface area is 142 Å². The number of nitrogens with one attached hydrogen (secondary N) is 1. The number of hydrogen-bond donors (Lipinski definition) is 1. The summed E-state index contributed by atoms with van der Waals surface area (Å²) in [5.74, 6) is 0.902. The van der Waals surface area contributed by atoms with Crippen molar-refractivity contribution in [3.63, 3.8) is 0 Å². The molecule has 0 bridgehead atoms. The second-order valence-corrected chi connectivity index (χ2v) is 5.70. The highest BCUT2D eigenvalue weighted by Crippen LogP contribution is 2.32. The van der Waals surface area contributed by atoms with E-state index in [-0.39, 0.29) is 11.8 Å². The molecule has 132 valence electrons. The molecule has 1 aliphatic heterocycles. The van der Waals surface area contributed by atoms with Crippen LogP contribution in [0, 0.1) is 5.92 Å². The van der Waals surface area contributed by atoms with Crippen LogP contribution in [0.25, 0.3) is 0 Å². The molecule has 1 atom stereocenters. The smallest absolute Gasteiger partial charge is 0.352 e. The first-order chi connectivity index (χ1) is 11.9. The van der Waals surface area contributed by atoms with Crippen molar-refractivity contribution in [1.82, 2.24) is 20.1 Å². The van der Waals surface area contributed by atoms with Crippen LogP contribution in [-0.2, 0) is 17.5 Å². The third-order valence-electron chi connectivity index (χ3n) is 3.94. The number of pyridine rings is 1. The maximum absolute atomic E-state index is 12.7. The van der Waals surface area contributed by atoms with E-state index in [2.05, 4.69) is 22.0 Å². The lowest BCUT2D eigenvalue weighted by Gasteiger charge is -2.34. The van der Waals surface area contributed by atoms with Crippen molar-refractivity contribution < 1.29 is 18.0 Å². The SMILES string of the molecule is C=CC(=O)NC[C@H]1CN(c2ccc(C(F)(F)F)cn2)c2ccnn2C1. The average Bonchev–Trinajstić information content (AvgIpc) is 3.06. The van der Waals surface area contributed by atoms with Crippen LogP contribution in [0.4, 0.5) is 24.8 Å². The molecule has 9 heteroatoms. The number of hydrogen-bond acceptors (Lipinski definition) is 4. The van der Waals surface area contributed by atoms with Gasteiger partial charge in [-0.15, -0.1) is 0 Å². The normalized spacial score (nSPS) is 17.1. The molecule has 1 aliphatic rings. The zero-order valence-electron chi connectivity index (χ0n) is 13.2. The minimum absolute atomic E-state index is 0.0281. The lowest BCUT2D eigenvalue weighted by Crippen LogP contribution is -2.41. The van der Waals surface area contributed by atoms with Crippen LogP contribution in [0.1, 0.15) is 5.56 Å². The topological polar surface area (TPSA) is 63.1 Å². The molecule has 3 heterocycles. The molecule has 0 saturated heterocycles. The van der Waals surface area contributed by atoms with Gasteiger partial charge >= 0.3 is 6.18 Å². The van der Waals surface area contributed by atoms with Gasteiger partial charge in [-0.2, -0.15) is 18.3 Å². The molecule has 0 saturated carbocycles. The van der Waals surface area contributed by atoms with E-state index in [0.29, 0.717) is 25.5 Å². The van der Waals surface area contributed by atoms with E-state index >= 15 is 0 Å². The number of aromatic nitrogens is 3. The summed E-state index contributed by atoms with van der Waals surface area (Å²) in [6.45, 7) is 4.90. The maximum Gasteiger partial charge on any atom is 0.417 e. The number of rotatable bonds is 4. The Balaban J connectivity index is 1.82. The van der Waals surface area contributed by atoms with Crippen molar-refractivity contribution in [2.75, 3.05) is 18.0 Å². The summed E-state index contributed by atoms with van der Waals surface area (Å²) >= 11 is 0. The molecule has 0 aromatic carbocycles. The molecule has 0 radical (unpaired) electrons. The van der Waals surface area contributed by atoms with Gasteiger partial charge in [-0.05, 0) is 18.2 Å². The molecule has 0 unspecified atom stereocenters. The van der Waals surface area contributed by atoms with Crippen molar-refractivity contribution in [3.8, 4) is 0 Å². The van der Waals surface area contributed by atoms with Crippen LogP contribution < -0.4 is 10.2 Å². The average molecular weight is 351 g/mol. The first-order valence-corrected chi connectivity index (χ1v) is 7.61. The first-order valence-electron chi connectivity index (χ1n) is 7.61. The molecule has 1 amide bonds. The molecule has 25 heavy (non-hydrogen) atoms. The van der Waals surface area contributed by atoms with Crippen LogP contribution in [0.3, 0.4) is 0 Å². The van der Waals surface area contributed by atoms with Gasteiger partial charge in [0.15, 0.2) is 0 Å². The van der Waals surface area contributed by atoms with E-state index in [1.807, 2.05) is 0 Å². The third kappa shape index (κ3) is 3.65. The van der Waals surface area contributed by atoms with Gasteiger partial charge in [-0.3, -0.25) is 4.79 Å². The molecule has 1 N–H and O–H groups in total. The Hall–Kier alpha value is -2.84. The van der Waals surface area contributed by atoms with Gasteiger partial charge in [-0.25, -0.2) is 9.67 Å². The van der Waals surface area contributed by atoms with Gasteiger partial charge in [0.2, 0.25) is 5.91 Å². The Morgan fingerprint density at radius 2 is 2.16 bits per heavy atom. The van der Waals surface area contributed by atoms with Gasteiger partial charge in [0.25, 0.3) is 0 Å². The van der Waals surface area contributed by atoms with E-state index < -0.39 is 11.7 Å². The van der Waals surface area contributed by atoms with E-state index in [0.717, 1.165) is 18.1 Å². The third-order valence-corrected chi connectivity index (χ3v) is 3.94. The number of amides is 1. The van der Waals surface area contributed by atoms with Gasteiger partial charge in [0.1, 0.15) is 11.6 Å². The summed E-state index contributed by atoms with van der Waals surface area (Å²) in [6, 6.07) is 4.12. The lowest BCUT2D eigenvalue weighted by molar-refractivity contribution is -0.137. The highest BCUT2D eigenvalue weighted by atomic mass is 19.4. The van der Waals surface area contributed by atoms with Crippen molar-refractivity contribution in [1.29, 1.82) is 0 Å². The summed E-state index contributed by atoms with van der Waals surface area (Å²) in [7, 11) is 0. The number of carbonyl (C=O) groups excluding carboxylic acids is 1. The van der Waals surface area contributed by atoms with Gasteiger partial charge in [0, 0.05) is 37.8 Å². The Morgan fingerprint density at radius 3 is 2.80 bits per heavy atom. The largest absolute Gasteiger partial charge is 0.417 e. The summed E-state index contributed by atoms with van der Waals surface area (Å²) in [5.41, 5.74) is -0.795. The van der Waals surface area contributed by atoms with E-state index in [1.165, 1.54) is 12.1 Å². The monoisotopic (exact) mass is 351 g/mol. The predicted molar refractivity (Wildman–Crippen MR) is 85.2 cm³/mol. The molecule has 2 aromatic rings. The molecular weight excluding hydrogens is 335 g/mol. The van der Waals surface area contributed by atoms with Crippen molar-refractivity contribution >= 4 is 17.5 Å². The second-order valence-electron chi connectivity index (χ2n) is 5.70. The quantitative estimate of drug-likeness (QED) is 0.859. The number of anilines is 2. The van der Waals surface area contributed by atoms with Crippen molar-refractivity contribution in [2.24, 2.45) is 5.92 Å². The van der Waals surface area contributed by atoms with Crippen LogP contribution in [-0.4, -0.2) is 33.8 Å². The molecule has 6 nitrogen and oxygen atoms in total. The highest BCUT2D eigenvalue weighted by molar-refractivity contribution is 5.86. The second kappa shape index (κ2) is 6.58. The molecule has 0 fully saturated rings. The van der Waals surface area contributed by atoms with Crippen LogP contribution in [0.5, 0.6) is 0 Å². The summed E-state index contributed by atoms with van der Waals surface area (Å²) < 4.78 is 39.9. The number of alkyl halides is 3. The minimum Gasteiger partial charge on any atom is -0.352 e. The molecule has 3 rings (SSSR count). The molecule has 0 spiro atoms. The Morgan fingerprint density at radius 1 is 1.36 bits per heavy atom. The Kier molecular flexibility index (Phi) is 4.47. The van der Waals surface area contributed by atoms with Crippen molar-refractivity contribution in [2.45, 2.75) is 12.7 Å².